The highest BCUT2D eigenvalue weighted by Crippen LogP contribution is 2.46. The molecule has 1 aromatic heterocycles. The van der Waals surface area contributed by atoms with E-state index in [1.807, 2.05) is 46.2 Å². The summed E-state index contributed by atoms with van der Waals surface area (Å²) in [7, 11) is 0. The molecular formula is C28H25FN4O2. The second-order valence-corrected chi connectivity index (χ2v) is 10.4. The van der Waals surface area contributed by atoms with Gasteiger partial charge in [-0.3, -0.25) is 24.5 Å². The van der Waals surface area contributed by atoms with Gasteiger partial charge < -0.3 is 4.90 Å². The van der Waals surface area contributed by atoms with Crippen LogP contribution in [-0.2, 0) is 9.59 Å². The van der Waals surface area contributed by atoms with Crippen LogP contribution in [0.3, 0.4) is 0 Å². The van der Waals surface area contributed by atoms with Crippen molar-refractivity contribution in [2.24, 2.45) is 16.8 Å². The number of aromatic nitrogens is 1. The largest absolute Gasteiger partial charge is 0.342 e. The third-order valence-corrected chi connectivity index (χ3v) is 7.72. The van der Waals surface area contributed by atoms with Crippen LogP contribution in [0.4, 0.5) is 4.39 Å². The molecule has 3 heterocycles. The number of amides is 2. The number of pyridine rings is 1. The van der Waals surface area contributed by atoms with E-state index in [2.05, 4.69) is 4.98 Å². The molecule has 0 bridgehead atoms. The zero-order valence-corrected chi connectivity index (χ0v) is 19.3. The van der Waals surface area contributed by atoms with Crippen molar-refractivity contribution in [1.29, 1.82) is 0 Å². The van der Waals surface area contributed by atoms with Crippen LogP contribution in [0.15, 0.2) is 59.7 Å². The van der Waals surface area contributed by atoms with Crippen molar-refractivity contribution in [1.82, 2.24) is 14.8 Å². The number of benzene rings is 2. The van der Waals surface area contributed by atoms with Gasteiger partial charge in [0.25, 0.3) is 5.91 Å². The highest BCUT2D eigenvalue weighted by molar-refractivity contribution is 6.16. The first-order chi connectivity index (χ1) is 17.0. The van der Waals surface area contributed by atoms with E-state index in [1.54, 1.807) is 12.3 Å². The predicted molar refractivity (Wildman–Crippen MR) is 130 cm³/mol. The molecule has 7 rings (SSSR count). The fourth-order valence-corrected chi connectivity index (χ4v) is 5.30. The quantitative estimate of drug-likeness (QED) is 0.568. The van der Waals surface area contributed by atoms with E-state index in [9.17, 15) is 14.0 Å². The smallest absolute Gasteiger partial charge is 0.256 e. The van der Waals surface area contributed by atoms with E-state index in [-0.39, 0.29) is 23.5 Å². The van der Waals surface area contributed by atoms with Gasteiger partial charge in [0.05, 0.1) is 0 Å². The molecule has 0 atom stereocenters. The fourth-order valence-electron chi connectivity index (χ4n) is 5.30. The number of nitrogens with zero attached hydrogens (tertiary/aromatic N) is 4. The van der Waals surface area contributed by atoms with Crippen LogP contribution in [-0.4, -0.2) is 57.6 Å². The lowest BCUT2D eigenvalue weighted by Gasteiger charge is -2.41. The van der Waals surface area contributed by atoms with Crippen molar-refractivity contribution >= 4 is 28.6 Å². The van der Waals surface area contributed by atoms with Gasteiger partial charge >= 0.3 is 0 Å². The molecule has 1 spiro atoms. The minimum Gasteiger partial charge on any atom is -0.342 e. The van der Waals surface area contributed by atoms with Gasteiger partial charge in [0.15, 0.2) is 0 Å². The van der Waals surface area contributed by atoms with Crippen LogP contribution < -0.4 is 0 Å². The Balaban J connectivity index is 1.11. The molecule has 7 heteroatoms. The van der Waals surface area contributed by atoms with Gasteiger partial charge in [-0.2, -0.15) is 0 Å². The zero-order chi connectivity index (χ0) is 23.7. The maximum atomic E-state index is 14.0. The Bertz CT molecular complexity index is 1400. The van der Waals surface area contributed by atoms with E-state index in [0.717, 1.165) is 66.7 Å². The average Bonchev–Trinajstić information content (AvgIpc) is 3.77. The second kappa shape index (κ2) is 7.44. The Morgan fingerprint density at radius 3 is 2.49 bits per heavy atom. The number of fused-ring (bicyclic) bond motifs is 1. The number of carbonyl (C=O) groups excluding carboxylic acids is 2. The van der Waals surface area contributed by atoms with E-state index in [4.69, 9.17) is 4.99 Å². The lowest BCUT2D eigenvalue weighted by atomic mass is 9.97. The van der Waals surface area contributed by atoms with Crippen molar-refractivity contribution < 1.29 is 14.0 Å². The number of hydrogen-bond donors (Lipinski definition) is 0. The predicted octanol–water partition coefficient (Wildman–Crippen LogP) is 4.03. The molecule has 2 aliphatic carbocycles. The summed E-state index contributed by atoms with van der Waals surface area (Å²) in [5.41, 5.74) is 2.59. The Morgan fingerprint density at radius 1 is 1.03 bits per heavy atom. The molecule has 0 N–H and O–H groups in total. The summed E-state index contributed by atoms with van der Waals surface area (Å²) in [6.45, 7) is 2.07. The molecule has 0 radical (unpaired) electrons. The summed E-state index contributed by atoms with van der Waals surface area (Å²) in [4.78, 5) is 38.5. The SMILES string of the molecule is O=C(C1CC1)N1CC(CN2C(=O)C3(CC3)N=C2c2ccc(-c3cnc4c(F)cccc4c3)cc2)C1. The van der Waals surface area contributed by atoms with Gasteiger partial charge in [-0.15, -0.1) is 0 Å². The summed E-state index contributed by atoms with van der Waals surface area (Å²) in [5.74, 6) is 1.33. The third-order valence-electron chi connectivity index (χ3n) is 7.72. The molecule has 4 aliphatic rings. The molecule has 2 amide bonds. The van der Waals surface area contributed by atoms with Crippen LogP contribution in [0.1, 0.15) is 31.2 Å². The highest BCUT2D eigenvalue weighted by atomic mass is 19.1. The van der Waals surface area contributed by atoms with Crippen molar-refractivity contribution in [2.75, 3.05) is 19.6 Å². The summed E-state index contributed by atoms with van der Waals surface area (Å²) >= 11 is 0. The summed E-state index contributed by atoms with van der Waals surface area (Å²) < 4.78 is 14.0. The van der Waals surface area contributed by atoms with Crippen LogP contribution in [0.25, 0.3) is 22.0 Å². The molecule has 3 fully saturated rings. The van der Waals surface area contributed by atoms with Crippen LogP contribution in [0.5, 0.6) is 0 Å². The van der Waals surface area contributed by atoms with Crippen molar-refractivity contribution in [3.8, 4) is 11.1 Å². The molecule has 3 aromatic rings. The molecule has 6 nitrogen and oxygen atoms in total. The van der Waals surface area contributed by atoms with Gasteiger partial charge in [0, 0.05) is 54.2 Å². The number of likely N-dealkylation sites (tertiary alicyclic amines) is 1. The first kappa shape index (κ1) is 20.7. The van der Waals surface area contributed by atoms with E-state index >= 15 is 0 Å². The molecular weight excluding hydrogens is 443 g/mol. The lowest BCUT2D eigenvalue weighted by Crippen LogP contribution is -2.55. The molecule has 0 unspecified atom stereocenters. The van der Waals surface area contributed by atoms with Gasteiger partial charge in [-0.05, 0) is 43.4 Å². The number of aliphatic imine (C=N–C) groups is 1. The van der Waals surface area contributed by atoms with Crippen LogP contribution in [0, 0.1) is 17.7 Å². The maximum Gasteiger partial charge on any atom is 0.256 e. The Hall–Kier alpha value is -3.61. The summed E-state index contributed by atoms with van der Waals surface area (Å²) in [6.07, 6.45) is 5.34. The number of halogens is 1. The molecule has 2 saturated carbocycles. The van der Waals surface area contributed by atoms with Gasteiger partial charge in [0.2, 0.25) is 5.91 Å². The monoisotopic (exact) mass is 468 g/mol. The number of amidine groups is 1. The third kappa shape index (κ3) is 3.44. The van der Waals surface area contributed by atoms with Gasteiger partial charge in [-0.1, -0.05) is 36.4 Å². The Labute approximate surface area is 202 Å². The Kier molecular flexibility index (Phi) is 4.41. The number of hydrogen-bond acceptors (Lipinski definition) is 4. The first-order valence-corrected chi connectivity index (χ1v) is 12.4. The summed E-state index contributed by atoms with van der Waals surface area (Å²) in [6, 6.07) is 14.9. The number of para-hydroxylation sites is 1. The topological polar surface area (TPSA) is 65.9 Å². The zero-order valence-electron chi connectivity index (χ0n) is 19.3. The average molecular weight is 469 g/mol. The van der Waals surface area contributed by atoms with Crippen LogP contribution >= 0.6 is 0 Å². The Morgan fingerprint density at radius 2 is 1.77 bits per heavy atom. The first-order valence-electron chi connectivity index (χ1n) is 12.4. The normalized spacial score (nSPS) is 20.9. The van der Waals surface area contributed by atoms with Crippen molar-refractivity contribution in [3.63, 3.8) is 0 Å². The fraction of sp³-hybridized carbons (Fsp3) is 0.357. The van der Waals surface area contributed by atoms with Gasteiger partial charge in [0.1, 0.15) is 22.7 Å². The maximum absolute atomic E-state index is 14.0. The summed E-state index contributed by atoms with van der Waals surface area (Å²) in [5, 5.41) is 0.758. The number of rotatable bonds is 5. The molecule has 2 aliphatic heterocycles. The highest BCUT2D eigenvalue weighted by Gasteiger charge is 2.57. The van der Waals surface area contributed by atoms with E-state index < -0.39 is 5.54 Å². The molecule has 176 valence electrons. The molecule has 35 heavy (non-hydrogen) atoms. The van der Waals surface area contributed by atoms with E-state index in [1.165, 1.54) is 6.07 Å². The van der Waals surface area contributed by atoms with Gasteiger partial charge in [-0.25, -0.2) is 4.39 Å². The minimum atomic E-state index is -0.562. The lowest BCUT2D eigenvalue weighted by molar-refractivity contribution is -0.139. The standard InChI is InChI=1S/C28H25FN4O2/c29-23-3-1-2-21-12-22(13-30-24(21)23)18-4-6-19(7-5-18)25-31-28(10-11-28)27(35)33(25)16-17-14-32(15-17)26(34)20-8-9-20/h1-7,12-13,17,20H,8-11,14-16H2. The van der Waals surface area contributed by atoms with Crippen molar-refractivity contribution in [3.05, 3.63) is 66.1 Å². The molecule has 1 saturated heterocycles. The second-order valence-electron chi connectivity index (χ2n) is 10.4. The van der Waals surface area contributed by atoms with Crippen molar-refractivity contribution in [2.45, 2.75) is 31.2 Å². The molecule has 2 aromatic carbocycles. The minimum absolute atomic E-state index is 0.101. The van der Waals surface area contributed by atoms with E-state index in [0.29, 0.717) is 18.0 Å². The number of carbonyl (C=O) groups is 2. The van der Waals surface area contributed by atoms with Crippen LogP contribution in [0.2, 0.25) is 0 Å².